The van der Waals surface area contributed by atoms with E-state index >= 15 is 0 Å². The second kappa shape index (κ2) is 6.05. The number of hydrogen-bond acceptors (Lipinski definition) is 4. The molecule has 0 atom stereocenters. The van der Waals surface area contributed by atoms with Gasteiger partial charge in [0.15, 0.2) is 5.75 Å². The molecule has 1 aliphatic heterocycles. The first-order chi connectivity index (χ1) is 11.8. The molecule has 6 nitrogen and oxygen atoms in total. The van der Waals surface area contributed by atoms with Crippen LogP contribution in [-0.2, 0) is 0 Å². The molecule has 2 heterocycles. The maximum absolute atomic E-state index is 11.2. The molecule has 0 amide bonds. The summed E-state index contributed by atoms with van der Waals surface area (Å²) in [7, 11) is 0. The number of H-pyrrole nitrogens is 1. The molecule has 6 heteroatoms. The monoisotopic (exact) mass is 337 g/mol. The first-order valence-corrected chi connectivity index (χ1v) is 7.90. The Labute approximate surface area is 145 Å². The molecule has 2 aromatic rings. The molecule has 0 saturated heterocycles. The zero-order chi connectivity index (χ0) is 18.3. The summed E-state index contributed by atoms with van der Waals surface area (Å²) >= 11 is 0. The van der Waals surface area contributed by atoms with Crippen molar-refractivity contribution in [3.05, 3.63) is 74.2 Å². The van der Waals surface area contributed by atoms with Crippen LogP contribution in [0.4, 0.5) is 5.69 Å². The van der Waals surface area contributed by atoms with Crippen LogP contribution in [0.15, 0.2) is 46.6 Å². The number of aromatic amines is 1. The van der Waals surface area contributed by atoms with Gasteiger partial charge in [0.05, 0.1) is 16.3 Å². The van der Waals surface area contributed by atoms with Crippen LogP contribution in [-0.4, -0.2) is 20.7 Å². The summed E-state index contributed by atoms with van der Waals surface area (Å²) in [6.45, 7) is 7.83. The van der Waals surface area contributed by atoms with E-state index in [0.29, 0.717) is 5.56 Å². The summed E-state index contributed by atoms with van der Waals surface area (Å²) in [4.78, 5) is 18.6. The van der Waals surface area contributed by atoms with Gasteiger partial charge in [0, 0.05) is 23.0 Å². The van der Waals surface area contributed by atoms with Gasteiger partial charge in [-0.3, -0.25) is 15.1 Å². The van der Waals surface area contributed by atoms with E-state index in [1.807, 2.05) is 39.8 Å². The number of phenolic OH excluding ortho intramolecular Hbond substituents is 1. The first-order valence-electron chi connectivity index (χ1n) is 7.90. The normalized spacial score (nSPS) is 15.8. The third kappa shape index (κ3) is 2.98. The van der Waals surface area contributed by atoms with Crippen molar-refractivity contribution in [1.82, 2.24) is 4.98 Å². The van der Waals surface area contributed by atoms with E-state index in [1.165, 1.54) is 12.1 Å². The molecule has 1 aromatic carbocycles. The topological polar surface area (TPSA) is 91.5 Å². The van der Waals surface area contributed by atoms with Gasteiger partial charge in [0.25, 0.3) is 0 Å². The number of aryl methyl sites for hydroxylation is 2. The van der Waals surface area contributed by atoms with E-state index < -0.39 is 4.92 Å². The minimum Gasteiger partial charge on any atom is -0.502 e. The maximum atomic E-state index is 11.2. The van der Waals surface area contributed by atoms with Gasteiger partial charge in [-0.25, -0.2) is 0 Å². The van der Waals surface area contributed by atoms with E-state index in [-0.39, 0.29) is 11.4 Å². The number of nitro groups is 1. The van der Waals surface area contributed by atoms with E-state index in [4.69, 9.17) is 0 Å². The Balaban J connectivity index is 2.33. The highest BCUT2D eigenvalue weighted by molar-refractivity contribution is 6.01. The zero-order valence-electron chi connectivity index (χ0n) is 14.5. The number of nitrogens with one attached hydrogen (secondary N) is 1. The Kier molecular flexibility index (Phi) is 4.04. The zero-order valence-corrected chi connectivity index (χ0v) is 14.5. The average Bonchev–Trinajstić information content (AvgIpc) is 3.02. The van der Waals surface area contributed by atoms with E-state index in [2.05, 4.69) is 9.98 Å². The smallest absolute Gasteiger partial charge is 0.311 e. The van der Waals surface area contributed by atoms with Crippen LogP contribution in [0, 0.1) is 24.0 Å². The van der Waals surface area contributed by atoms with Crippen LogP contribution in [0.3, 0.4) is 0 Å². The van der Waals surface area contributed by atoms with Crippen LogP contribution < -0.4 is 0 Å². The van der Waals surface area contributed by atoms with Crippen molar-refractivity contribution in [3.63, 3.8) is 0 Å². The minimum absolute atomic E-state index is 0.322. The number of benzene rings is 1. The van der Waals surface area contributed by atoms with Gasteiger partial charge in [-0.1, -0.05) is 6.07 Å². The Morgan fingerprint density at radius 3 is 2.44 bits per heavy atom. The molecule has 0 bridgehead atoms. The molecule has 0 spiro atoms. The molecule has 0 saturated carbocycles. The van der Waals surface area contributed by atoms with Gasteiger partial charge in [-0.05, 0) is 62.6 Å². The molecule has 2 N–H and O–H groups in total. The predicted octanol–water partition coefficient (Wildman–Crippen LogP) is 4.43. The largest absolute Gasteiger partial charge is 0.502 e. The van der Waals surface area contributed by atoms with Crippen molar-refractivity contribution >= 4 is 17.0 Å². The fourth-order valence-corrected chi connectivity index (χ4v) is 3.14. The lowest BCUT2D eigenvalue weighted by atomic mass is 9.95. The van der Waals surface area contributed by atoms with Crippen molar-refractivity contribution in [2.75, 3.05) is 0 Å². The number of aliphatic imine (C=N–C) groups is 1. The van der Waals surface area contributed by atoms with Gasteiger partial charge in [0.2, 0.25) is 0 Å². The van der Waals surface area contributed by atoms with Crippen molar-refractivity contribution < 1.29 is 10.0 Å². The number of aromatic hydroxyl groups is 1. The minimum atomic E-state index is -0.584. The van der Waals surface area contributed by atoms with Crippen LogP contribution in [0.2, 0.25) is 0 Å². The Bertz CT molecular complexity index is 978. The SMILES string of the molecule is CC1=CC(C)=N/C1=C(/c1ccc(O)c([N+](=O)[O-])c1)c1[nH]c(C)cc1C. The van der Waals surface area contributed by atoms with Gasteiger partial charge in [-0.2, -0.15) is 0 Å². The molecule has 3 rings (SSSR count). The molecule has 0 unspecified atom stereocenters. The number of rotatable bonds is 3. The Morgan fingerprint density at radius 2 is 1.92 bits per heavy atom. The van der Waals surface area contributed by atoms with Crippen LogP contribution in [0.1, 0.15) is 36.4 Å². The summed E-state index contributed by atoms with van der Waals surface area (Å²) in [5, 5.41) is 21.0. The third-order valence-corrected chi connectivity index (χ3v) is 4.18. The van der Waals surface area contributed by atoms with Gasteiger partial charge in [-0.15, -0.1) is 0 Å². The van der Waals surface area contributed by atoms with Gasteiger partial charge >= 0.3 is 5.69 Å². The Hall–Kier alpha value is -3.15. The van der Waals surface area contributed by atoms with Gasteiger partial charge in [0.1, 0.15) is 0 Å². The van der Waals surface area contributed by atoms with Crippen molar-refractivity contribution in [3.8, 4) is 5.75 Å². The lowest BCUT2D eigenvalue weighted by Gasteiger charge is -2.12. The van der Waals surface area contributed by atoms with Gasteiger partial charge < -0.3 is 10.1 Å². The van der Waals surface area contributed by atoms with Crippen LogP contribution >= 0.6 is 0 Å². The molecule has 1 aromatic heterocycles. The molecule has 25 heavy (non-hydrogen) atoms. The average molecular weight is 337 g/mol. The number of phenols is 1. The molecule has 128 valence electrons. The third-order valence-electron chi connectivity index (χ3n) is 4.18. The summed E-state index contributed by atoms with van der Waals surface area (Å²) < 4.78 is 0. The molecular formula is C19H19N3O3. The summed E-state index contributed by atoms with van der Waals surface area (Å²) in [5.41, 5.74) is 6.67. The van der Waals surface area contributed by atoms with Crippen molar-refractivity contribution in [2.24, 2.45) is 4.99 Å². The van der Waals surface area contributed by atoms with Crippen LogP contribution in [0.5, 0.6) is 5.75 Å². The number of allylic oxidation sites excluding steroid dienone is 2. The fourth-order valence-electron chi connectivity index (χ4n) is 3.14. The van der Waals surface area contributed by atoms with Crippen LogP contribution in [0.25, 0.3) is 5.57 Å². The standard InChI is InChI=1S/C19H19N3O3/c1-10-7-12(3)20-18(10)17(19-11(2)8-13(4)21-19)14-5-6-16(23)15(9-14)22(24)25/h5-9,20,23H,1-4H3/b19-17-. The Morgan fingerprint density at radius 1 is 1.20 bits per heavy atom. The van der Waals surface area contributed by atoms with E-state index in [9.17, 15) is 15.2 Å². The fraction of sp³-hybridized carbons (Fsp3) is 0.211. The first kappa shape index (κ1) is 16.7. The maximum Gasteiger partial charge on any atom is 0.311 e. The highest BCUT2D eigenvalue weighted by Crippen LogP contribution is 2.38. The molecular weight excluding hydrogens is 318 g/mol. The molecule has 0 radical (unpaired) electrons. The van der Waals surface area contributed by atoms with Crippen molar-refractivity contribution in [2.45, 2.75) is 27.7 Å². The number of hydrogen-bond donors (Lipinski definition) is 2. The van der Waals surface area contributed by atoms with E-state index in [0.717, 1.165) is 39.5 Å². The summed E-state index contributed by atoms with van der Waals surface area (Å²) in [6, 6.07) is 6.44. The molecule has 0 fully saturated rings. The highest BCUT2D eigenvalue weighted by atomic mass is 16.6. The summed E-state index contributed by atoms with van der Waals surface area (Å²) in [5.74, 6) is -0.351. The highest BCUT2D eigenvalue weighted by Gasteiger charge is 2.23. The number of aromatic nitrogens is 1. The quantitative estimate of drug-likeness (QED) is 0.641. The lowest BCUT2D eigenvalue weighted by molar-refractivity contribution is -0.385. The predicted molar refractivity (Wildman–Crippen MR) is 97.9 cm³/mol. The van der Waals surface area contributed by atoms with Crippen molar-refractivity contribution in [1.29, 1.82) is 0 Å². The molecule has 0 aliphatic carbocycles. The second-order valence-corrected chi connectivity index (χ2v) is 6.28. The number of nitro benzene ring substituents is 1. The number of nitrogens with zero attached hydrogens (tertiary/aromatic N) is 2. The molecule has 1 aliphatic rings. The van der Waals surface area contributed by atoms with E-state index in [1.54, 1.807) is 6.07 Å². The second-order valence-electron chi connectivity index (χ2n) is 6.28. The summed E-state index contributed by atoms with van der Waals surface area (Å²) in [6.07, 6.45) is 1.98. The lowest BCUT2D eigenvalue weighted by Crippen LogP contribution is -1.98.